The lowest BCUT2D eigenvalue weighted by Crippen LogP contribution is -2.12. The zero-order chi connectivity index (χ0) is 13.1. The summed E-state index contributed by atoms with van der Waals surface area (Å²) in [6, 6.07) is 8.28. The highest BCUT2D eigenvalue weighted by atomic mass is 19.1. The number of carbonyl (C=O) groups excluding carboxylic acids is 1. The van der Waals surface area contributed by atoms with Crippen LogP contribution >= 0.6 is 0 Å². The van der Waals surface area contributed by atoms with E-state index in [0.717, 1.165) is 24.3 Å². The van der Waals surface area contributed by atoms with E-state index in [9.17, 15) is 18.7 Å². The van der Waals surface area contributed by atoms with Crippen molar-refractivity contribution < 1.29 is 18.7 Å². The van der Waals surface area contributed by atoms with Crippen LogP contribution in [0.25, 0.3) is 0 Å². The normalized spacial score (nSPS) is 10.1. The zero-order valence-electron chi connectivity index (χ0n) is 9.15. The third kappa shape index (κ3) is 2.63. The molecule has 3 nitrogen and oxygen atoms in total. The van der Waals surface area contributed by atoms with Crippen LogP contribution in [0.5, 0.6) is 5.75 Å². The van der Waals surface area contributed by atoms with E-state index in [1.54, 1.807) is 0 Å². The molecule has 0 fully saturated rings. The van der Waals surface area contributed by atoms with Crippen LogP contribution in [0.15, 0.2) is 42.5 Å². The number of nitrogens with one attached hydrogen (secondary N) is 1. The van der Waals surface area contributed by atoms with E-state index in [0.29, 0.717) is 0 Å². The van der Waals surface area contributed by atoms with Crippen LogP contribution in [0.3, 0.4) is 0 Å². The van der Waals surface area contributed by atoms with Crippen molar-refractivity contribution in [3.8, 4) is 5.75 Å². The maximum atomic E-state index is 13.0. The van der Waals surface area contributed by atoms with Gasteiger partial charge >= 0.3 is 0 Å². The van der Waals surface area contributed by atoms with E-state index in [1.807, 2.05) is 0 Å². The van der Waals surface area contributed by atoms with Gasteiger partial charge in [-0.2, -0.15) is 0 Å². The molecule has 1 amide bonds. The Morgan fingerprint density at radius 1 is 1.06 bits per heavy atom. The Bertz CT molecular complexity index is 599. The second-order valence-electron chi connectivity index (χ2n) is 3.63. The average Bonchev–Trinajstić information content (AvgIpc) is 2.32. The van der Waals surface area contributed by atoms with Crippen molar-refractivity contribution >= 4 is 11.6 Å². The lowest BCUT2D eigenvalue weighted by atomic mass is 10.1. The lowest BCUT2D eigenvalue weighted by molar-refractivity contribution is 0.102. The average molecular weight is 249 g/mol. The smallest absolute Gasteiger partial charge is 0.259 e. The lowest BCUT2D eigenvalue weighted by Gasteiger charge is -2.06. The van der Waals surface area contributed by atoms with E-state index in [1.165, 1.54) is 18.2 Å². The number of halogens is 2. The van der Waals surface area contributed by atoms with Gasteiger partial charge < -0.3 is 10.4 Å². The quantitative estimate of drug-likeness (QED) is 0.859. The number of benzene rings is 2. The van der Waals surface area contributed by atoms with E-state index < -0.39 is 17.5 Å². The van der Waals surface area contributed by atoms with Gasteiger partial charge in [0.2, 0.25) is 0 Å². The Labute approximate surface area is 102 Å². The topological polar surface area (TPSA) is 49.3 Å². The SMILES string of the molecule is O=C(Nc1cccc(F)c1)c1cc(F)ccc1O. The van der Waals surface area contributed by atoms with Crippen molar-refractivity contribution in [1.82, 2.24) is 0 Å². The standard InChI is InChI=1S/C13H9F2NO2/c14-8-2-1-3-10(6-8)16-13(18)11-7-9(15)4-5-12(11)17/h1-7,17H,(H,16,18). The maximum Gasteiger partial charge on any atom is 0.259 e. The van der Waals surface area contributed by atoms with Crippen molar-refractivity contribution in [3.05, 3.63) is 59.7 Å². The molecule has 0 aliphatic carbocycles. The monoisotopic (exact) mass is 249 g/mol. The summed E-state index contributed by atoms with van der Waals surface area (Å²) in [6.07, 6.45) is 0. The molecule has 0 saturated heterocycles. The third-order valence-electron chi connectivity index (χ3n) is 2.29. The first-order valence-corrected chi connectivity index (χ1v) is 5.12. The molecule has 0 heterocycles. The van der Waals surface area contributed by atoms with Gasteiger partial charge in [0.05, 0.1) is 5.56 Å². The van der Waals surface area contributed by atoms with Gasteiger partial charge in [-0.15, -0.1) is 0 Å². The molecule has 2 aromatic rings. The molecule has 0 atom stereocenters. The highest BCUT2D eigenvalue weighted by Crippen LogP contribution is 2.19. The minimum atomic E-state index is -0.711. The number of amides is 1. The van der Waals surface area contributed by atoms with Crippen molar-refractivity contribution in [2.24, 2.45) is 0 Å². The number of rotatable bonds is 2. The summed E-state index contributed by atoms with van der Waals surface area (Å²) in [7, 11) is 0. The summed E-state index contributed by atoms with van der Waals surface area (Å²) in [5.41, 5.74) is 0.0166. The highest BCUT2D eigenvalue weighted by Gasteiger charge is 2.12. The first-order chi connectivity index (χ1) is 8.56. The van der Waals surface area contributed by atoms with E-state index in [2.05, 4.69) is 5.32 Å². The van der Waals surface area contributed by atoms with Crippen LogP contribution in [0.1, 0.15) is 10.4 Å². The number of hydrogen-bond donors (Lipinski definition) is 2. The van der Waals surface area contributed by atoms with Crippen molar-refractivity contribution in [3.63, 3.8) is 0 Å². The van der Waals surface area contributed by atoms with Crippen LogP contribution in [-0.4, -0.2) is 11.0 Å². The Hall–Kier alpha value is -2.43. The number of carbonyl (C=O) groups is 1. The van der Waals surface area contributed by atoms with Crippen LogP contribution in [0, 0.1) is 11.6 Å². The molecule has 92 valence electrons. The van der Waals surface area contributed by atoms with Gasteiger partial charge in [0, 0.05) is 5.69 Å². The molecule has 2 N–H and O–H groups in total. The summed E-state index contributed by atoms with van der Waals surface area (Å²) < 4.78 is 25.9. The fraction of sp³-hybridized carbons (Fsp3) is 0. The van der Waals surface area contributed by atoms with Crippen LogP contribution in [-0.2, 0) is 0 Å². The molecule has 0 unspecified atom stereocenters. The maximum absolute atomic E-state index is 13.0. The molecule has 18 heavy (non-hydrogen) atoms. The van der Waals surface area contributed by atoms with Gasteiger partial charge in [-0.1, -0.05) is 6.07 Å². The number of aromatic hydroxyl groups is 1. The molecule has 2 rings (SSSR count). The van der Waals surface area contributed by atoms with Gasteiger partial charge in [0.15, 0.2) is 0 Å². The zero-order valence-corrected chi connectivity index (χ0v) is 9.15. The first-order valence-electron chi connectivity index (χ1n) is 5.12. The predicted molar refractivity (Wildman–Crippen MR) is 62.4 cm³/mol. The van der Waals surface area contributed by atoms with E-state index >= 15 is 0 Å². The molecule has 0 aromatic heterocycles. The molecule has 0 aliphatic rings. The molecular formula is C13H9F2NO2. The summed E-state index contributed by atoms with van der Waals surface area (Å²) >= 11 is 0. The Morgan fingerprint density at radius 2 is 1.78 bits per heavy atom. The molecule has 0 spiro atoms. The van der Waals surface area contributed by atoms with Crippen molar-refractivity contribution in [2.75, 3.05) is 5.32 Å². The van der Waals surface area contributed by atoms with Crippen LogP contribution < -0.4 is 5.32 Å². The number of hydrogen-bond acceptors (Lipinski definition) is 2. The van der Waals surface area contributed by atoms with Gasteiger partial charge in [-0.25, -0.2) is 8.78 Å². The molecule has 0 bridgehead atoms. The minimum absolute atomic E-state index is 0.209. The number of phenolic OH excluding ortho intramolecular Hbond substituents is 1. The van der Waals surface area contributed by atoms with Crippen molar-refractivity contribution in [1.29, 1.82) is 0 Å². The molecular weight excluding hydrogens is 240 g/mol. The number of phenols is 1. The van der Waals surface area contributed by atoms with Crippen LogP contribution in [0.4, 0.5) is 14.5 Å². The van der Waals surface area contributed by atoms with Gasteiger partial charge in [-0.3, -0.25) is 4.79 Å². The first kappa shape index (κ1) is 12.0. The second kappa shape index (κ2) is 4.83. The largest absolute Gasteiger partial charge is 0.507 e. The van der Waals surface area contributed by atoms with Gasteiger partial charge in [0.1, 0.15) is 17.4 Å². The molecule has 0 radical (unpaired) electrons. The van der Waals surface area contributed by atoms with Crippen molar-refractivity contribution in [2.45, 2.75) is 0 Å². The molecule has 2 aromatic carbocycles. The number of anilines is 1. The fourth-order valence-electron chi connectivity index (χ4n) is 1.45. The second-order valence-corrected chi connectivity index (χ2v) is 3.63. The van der Waals surface area contributed by atoms with Gasteiger partial charge in [-0.05, 0) is 36.4 Å². The summed E-state index contributed by atoms with van der Waals surface area (Å²) in [6.45, 7) is 0. The minimum Gasteiger partial charge on any atom is -0.507 e. The van der Waals surface area contributed by atoms with Crippen LogP contribution in [0.2, 0.25) is 0 Å². The Balaban J connectivity index is 2.24. The summed E-state index contributed by atoms with van der Waals surface area (Å²) in [5, 5.41) is 11.8. The molecule has 5 heteroatoms. The molecule has 0 saturated carbocycles. The Morgan fingerprint density at radius 3 is 2.50 bits per heavy atom. The molecule has 0 aliphatic heterocycles. The van der Waals surface area contributed by atoms with E-state index in [-0.39, 0.29) is 17.0 Å². The third-order valence-corrected chi connectivity index (χ3v) is 2.29. The fourth-order valence-corrected chi connectivity index (χ4v) is 1.45. The van der Waals surface area contributed by atoms with E-state index in [4.69, 9.17) is 0 Å². The summed E-state index contributed by atoms with van der Waals surface area (Å²) in [4.78, 5) is 11.7. The highest BCUT2D eigenvalue weighted by molar-refractivity contribution is 6.06. The van der Waals surface area contributed by atoms with Gasteiger partial charge in [0.25, 0.3) is 5.91 Å². The Kier molecular flexibility index (Phi) is 3.23. The summed E-state index contributed by atoms with van der Waals surface area (Å²) in [5.74, 6) is -2.20. The predicted octanol–water partition coefficient (Wildman–Crippen LogP) is 2.92.